The van der Waals surface area contributed by atoms with Gasteiger partial charge in [0.1, 0.15) is 12.2 Å². The van der Waals surface area contributed by atoms with Crippen LogP contribution in [0.4, 0.5) is 26.7 Å². The zero-order chi connectivity index (χ0) is 31.3. The normalized spacial score (nSPS) is 18.2. The molecule has 3 aromatic carbocycles. The number of carbonyl (C=O) groups excluding carboxylic acids is 3. The number of amides is 3. The molecule has 3 N–H and O–H groups in total. The van der Waals surface area contributed by atoms with E-state index >= 15 is 0 Å². The average Bonchev–Trinajstić information content (AvgIpc) is 3.75. The zero-order valence-electron chi connectivity index (χ0n) is 25.8. The number of carbonyl (C=O) groups is 3. The Balaban J connectivity index is 1.22. The Hall–Kier alpha value is -4.57. The van der Waals surface area contributed by atoms with Gasteiger partial charge in [-0.15, -0.1) is 0 Å². The molecule has 44 heavy (non-hydrogen) atoms. The zero-order valence-corrected chi connectivity index (χ0v) is 25.8. The monoisotopic (exact) mass is 599 g/mol. The molecule has 0 spiro atoms. The van der Waals surface area contributed by atoms with Crippen molar-refractivity contribution in [3.05, 3.63) is 89.5 Å². The van der Waals surface area contributed by atoms with Gasteiger partial charge in [-0.05, 0) is 75.7 Å². The molecule has 1 aliphatic heterocycles. The molecule has 2 atom stereocenters. The third-order valence-electron chi connectivity index (χ3n) is 7.64. The van der Waals surface area contributed by atoms with Gasteiger partial charge < -0.3 is 29.9 Å². The molecule has 232 valence electrons. The summed E-state index contributed by atoms with van der Waals surface area (Å²) >= 11 is 0. The SMILES string of the molecule is CN1CCN(c2cc(C(=O)Nc3ccc([C@@H]4C[C@H]4NC(=O)OC(C)(C)C)cc3)ccc2NC(=O)OCc2ccccc2)CC1. The van der Waals surface area contributed by atoms with Crippen LogP contribution < -0.4 is 20.9 Å². The number of likely N-dealkylation sites (N-methyl/N-ethyl adjacent to an activating group) is 1. The van der Waals surface area contributed by atoms with E-state index in [-0.39, 0.29) is 24.5 Å². The molecule has 1 aliphatic carbocycles. The Morgan fingerprint density at radius 3 is 2.25 bits per heavy atom. The standard InChI is InChI=1S/C34H41N5O5/c1-34(2,3)44-33(42)37-29-21-27(29)24-10-13-26(14-11-24)35-31(40)25-12-15-28(30(20-25)39-18-16-38(4)17-19-39)36-32(41)43-22-23-8-6-5-7-9-23/h5-15,20,27,29H,16-19,21-22H2,1-4H3,(H,35,40)(H,36,41)(H,37,42)/t27-,29+/m0/s1. The van der Waals surface area contributed by atoms with Gasteiger partial charge in [0.2, 0.25) is 0 Å². The number of ether oxygens (including phenoxy) is 2. The fraction of sp³-hybridized carbons (Fsp3) is 0.382. The van der Waals surface area contributed by atoms with Crippen LogP contribution in [0.3, 0.4) is 0 Å². The highest BCUT2D eigenvalue weighted by Crippen LogP contribution is 2.41. The van der Waals surface area contributed by atoms with Crippen molar-refractivity contribution >= 4 is 35.2 Å². The van der Waals surface area contributed by atoms with Crippen LogP contribution >= 0.6 is 0 Å². The lowest BCUT2D eigenvalue weighted by molar-refractivity contribution is 0.0522. The molecule has 5 rings (SSSR count). The summed E-state index contributed by atoms with van der Waals surface area (Å²) in [5.74, 6) is -0.0277. The first-order valence-corrected chi connectivity index (χ1v) is 15.0. The predicted molar refractivity (Wildman–Crippen MR) is 171 cm³/mol. The van der Waals surface area contributed by atoms with E-state index in [9.17, 15) is 14.4 Å². The number of anilines is 3. The van der Waals surface area contributed by atoms with Crippen LogP contribution in [-0.2, 0) is 16.1 Å². The molecule has 2 aliphatic rings. The second-order valence-corrected chi connectivity index (χ2v) is 12.4. The van der Waals surface area contributed by atoms with Crippen molar-refractivity contribution in [2.45, 2.75) is 51.4 Å². The summed E-state index contributed by atoms with van der Waals surface area (Å²) in [6.45, 7) is 8.96. The number of hydrogen-bond donors (Lipinski definition) is 3. The van der Waals surface area contributed by atoms with E-state index in [2.05, 4.69) is 32.8 Å². The highest BCUT2D eigenvalue weighted by molar-refractivity contribution is 6.06. The smallest absolute Gasteiger partial charge is 0.412 e. The topological polar surface area (TPSA) is 112 Å². The van der Waals surface area contributed by atoms with Gasteiger partial charge in [0.25, 0.3) is 5.91 Å². The molecule has 0 radical (unpaired) electrons. The van der Waals surface area contributed by atoms with Gasteiger partial charge in [-0.25, -0.2) is 9.59 Å². The lowest BCUT2D eigenvalue weighted by Gasteiger charge is -2.35. The minimum absolute atomic E-state index is 0.0426. The fourth-order valence-electron chi connectivity index (χ4n) is 5.16. The number of hydrogen-bond acceptors (Lipinski definition) is 7. The van der Waals surface area contributed by atoms with Gasteiger partial charge in [-0.3, -0.25) is 10.1 Å². The second-order valence-electron chi connectivity index (χ2n) is 12.4. The molecule has 1 saturated heterocycles. The van der Waals surface area contributed by atoms with Crippen molar-refractivity contribution in [3.63, 3.8) is 0 Å². The van der Waals surface area contributed by atoms with Gasteiger partial charge >= 0.3 is 12.2 Å². The highest BCUT2D eigenvalue weighted by atomic mass is 16.6. The number of benzene rings is 3. The summed E-state index contributed by atoms with van der Waals surface area (Å²) in [4.78, 5) is 42.5. The molecular weight excluding hydrogens is 558 g/mol. The van der Waals surface area contributed by atoms with E-state index in [1.54, 1.807) is 12.1 Å². The first-order chi connectivity index (χ1) is 21.0. The van der Waals surface area contributed by atoms with Crippen molar-refractivity contribution in [2.75, 3.05) is 48.8 Å². The molecule has 3 amide bonds. The predicted octanol–water partition coefficient (Wildman–Crippen LogP) is 5.82. The Morgan fingerprint density at radius 2 is 1.57 bits per heavy atom. The summed E-state index contributed by atoms with van der Waals surface area (Å²) in [5, 5.41) is 8.78. The van der Waals surface area contributed by atoms with Crippen LogP contribution in [0, 0.1) is 0 Å². The van der Waals surface area contributed by atoms with Gasteiger partial charge in [0.15, 0.2) is 0 Å². The van der Waals surface area contributed by atoms with E-state index in [4.69, 9.17) is 9.47 Å². The van der Waals surface area contributed by atoms with E-state index < -0.39 is 17.8 Å². The van der Waals surface area contributed by atoms with E-state index in [0.29, 0.717) is 16.9 Å². The van der Waals surface area contributed by atoms with E-state index in [1.165, 1.54) is 0 Å². The number of rotatable bonds is 8. The lowest BCUT2D eigenvalue weighted by atomic mass is 10.1. The minimum Gasteiger partial charge on any atom is -0.444 e. The molecule has 0 unspecified atom stereocenters. The van der Waals surface area contributed by atoms with Crippen molar-refractivity contribution in [2.24, 2.45) is 0 Å². The Morgan fingerprint density at radius 1 is 0.864 bits per heavy atom. The molecule has 10 heteroatoms. The van der Waals surface area contributed by atoms with E-state index in [1.807, 2.05) is 81.4 Å². The summed E-state index contributed by atoms with van der Waals surface area (Å²) in [6, 6.07) is 22.5. The number of nitrogens with zero attached hydrogens (tertiary/aromatic N) is 2. The quantitative estimate of drug-likeness (QED) is 0.299. The first-order valence-electron chi connectivity index (χ1n) is 15.0. The summed E-state index contributed by atoms with van der Waals surface area (Å²) < 4.78 is 10.8. The minimum atomic E-state index is -0.555. The third-order valence-corrected chi connectivity index (χ3v) is 7.64. The molecule has 2 fully saturated rings. The molecule has 3 aromatic rings. The maximum atomic E-state index is 13.3. The van der Waals surface area contributed by atoms with Gasteiger partial charge in [-0.1, -0.05) is 42.5 Å². The largest absolute Gasteiger partial charge is 0.444 e. The Bertz CT molecular complexity index is 1460. The highest BCUT2D eigenvalue weighted by Gasteiger charge is 2.40. The number of piperazine rings is 1. The molecule has 0 aromatic heterocycles. The van der Waals surface area contributed by atoms with Crippen molar-refractivity contribution in [1.29, 1.82) is 0 Å². The third kappa shape index (κ3) is 8.50. The number of nitrogens with one attached hydrogen (secondary N) is 3. The van der Waals surface area contributed by atoms with Crippen LogP contribution in [0.2, 0.25) is 0 Å². The second kappa shape index (κ2) is 13.4. The summed E-state index contributed by atoms with van der Waals surface area (Å²) in [6.07, 6.45) is -0.115. The van der Waals surface area contributed by atoms with Crippen LogP contribution in [0.15, 0.2) is 72.8 Å². The van der Waals surface area contributed by atoms with Crippen molar-refractivity contribution < 1.29 is 23.9 Å². The van der Waals surface area contributed by atoms with Crippen LogP contribution in [0.1, 0.15) is 54.6 Å². The average molecular weight is 600 g/mol. The van der Waals surface area contributed by atoms with Gasteiger partial charge in [-0.2, -0.15) is 0 Å². The lowest BCUT2D eigenvalue weighted by Crippen LogP contribution is -2.44. The van der Waals surface area contributed by atoms with Crippen LogP contribution in [0.5, 0.6) is 0 Å². The number of alkyl carbamates (subject to hydrolysis) is 1. The van der Waals surface area contributed by atoms with Gasteiger partial charge in [0.05, 0.1) is 11.4 Å². The fourth-order valence-corrected chi connectivity index (χ4v) is 5.16. The van der Waals surface area contributed by atoms with Gasteiger partial charge in [0, 0.05) is 49.4 Å². The Kier molecular flexibility index (Phi) is 9.39. The maximum Gasteiger partial charge on any atom is 0.412 e. The molecular formula is C34H41N5O5. The molecule has 0 bridgehead atoms. The van der Waals surface area contributed by atoms with Crippen LogP contribution in [-0.4, -0.2) is 67.9 Å². The van der Waals surface area contributed by atoms with Crippen molar-refractivity contribution in [1.82, 2.24) is 10.2 Å². The molecule has 1 heterocycles. The molecule has 1 saturated carbocycles. The Labute approximate surface area is 258 Å². The van der Waals surface area contributed by atoms with Crippen molar-refractivity contribution in [3.8, 4) is 0 Å². The summed E-state index contributed by atoms with van der Waals surface area (Å²) in [5.41, 5.74) is 3.97. The molecule has 10 nitrogen and oxygen atoms in total. The van der Waals surface area contributed by atoms with Crippen LogP contribution in [0.25, 0.3) is 0 Å². The maximum absolute atomic E-state index is 13.3. The summed E-state index contributed by atoms with van der Waals surface area (Å²) in [7, 11) is 2.08. The van der Waals surface area contributed by atoms with E-state index in [0.717, 1.165) is 49.4 Å². The first kappa shape index (κ1) is 30.9.